The Hall–Kier alpha value is -1.80. The van der Waals surface area contributed by atoms with E-state index >= 15 is 0 Å². The molecule has 26 heavy (non-hydrogen) atoms. The molecule has 1 aliphatic rings. The number of ether oxygens (including phenoxy) is 1. The molecular formula is C17H22ClF3N2O3. The average Bonchev–Trinajstić information content (AvgIpc) is 2.61. The molecule has 1 atom stereocenters. The number of amides is 1. The highest BCUT2D eigenvalue weighted by Crippen LogP contribution is 2.30. The Morgan fingerprint density at radius 2 is 1.81 bits per heavy atom. The summed E-state index contributed by atoms with van der Waals surface area (Å²) < 4.78 is 42.7. The lowest BCUT2D eigenvalue weighted by atomic mass is 9.95. The number of halogens is 4. The first-order valence-corrected chi connectivity index (χ1v) is 8.06. The van der Waals surface area contributed by atoms with Gasteiger partial charge in [-0.25, -0.2) is 0 Å². The van der Waals surface area contributed by atoms with Crippen LogP contribution >= 0.6 is 12.4 Å². The zero-order chi connectivity index (χ0) is 18.4. The largest absolute Gasteiger partial charge is 0.469 e. The highest BCUT2D eigenvalue weighted by Gasteiger charge is 2.31. The van der Waals surface area contributed by atoms with Crippen molar-refractivity contribution in [2.75, 3.05) is 20.2 Å². The van der Waals surface area contributed by atoms with E-state index in [0.29, 0.717) is 18.4 Å². The highest BCUT2D eigenvalue weighted by molar-refractivity contribution is 5.85. The maximum absolute atomic E-state index is 12.7. The monoisotopic (exact) mass is 394 g/mol. The van der Waals surface area contributed by atoms with Gasteiger partial charge in [-0.3, -0.25) is 9.59 Å². The van der Waals surface area contributed by atoms with Crippen LogP contribution in [0, 0.1) is 5.92 Å². The van der Waals surface area contributed by atoms with Gasteiger partial charge in [0.05, 0.1) is 25.1 Å². The molecule has 2 N–H and O–H groups in total. The molecule has 1 aromatic carbocycles. The highest BCUT2D eigenvalue weighted by atomic mass is 35.5. The number of carbonyl (C=O) groups excluding carboxylic acids is 2. The number of hydrogen-bond acceptors (Lipinski definition) is 4. The van der Waals surface area contributed by atoms with Crippen LogP contribution in [0.4, 0.5) is 13.2 Å². The number of hydrogen-bond donors (Lipinski definition) is 2. The van der Waals surface area contributed by atoms with Crippen LogP contribution < -0.4 is 10.6 Å². The normalized spacial score (nSPS) is 16.3. The summed E-state index contributed by atoms with van der Waals surface area (Å²) in [6, 6.07) is 3.71. The Kier molecular flexibility index (Phi) is 8.36. The van der Waals surface area contributed by atoms with E-state index in [2.05, 4.69) is 15.4 Å². The molecule has 0 radical (unpaired) electrons. The summed E-state index contributed by atoms with van der Waals surface area (Å²) in [6.07, 6.45) is -3.21. The Morgan fingerprint density at radius 1 is 1.23 bits per heavy atom. The Labute approximate surface area is 156 Å². The average molecular weight is 395 g/mol. The first-order chi connectivity index (χ1) is 11.8. The number of methoxy groups -OCH3 is 1. The van der Waals surface area contributed by atoms with Gasteiger partial charge >= 0.3 is 12.1 Å². The molecule has 1 fully saturated rings. The quantitative estimate of drug-likeness (QED) is 0.754. The Balaban J connectivity index is 0.00000338. The molecule has 9 heteroatoms. The predicted molar refractivity (Wildman–Crippen MR) is 91.8 cm³/mol. The van der Waals surface area contributed by atoms with Gasteiger partial charge in [0.2, 0.25) is 5.91 Å². The van der Waals surface area contributed by atoms with Gasteiger partial charge in [-0.05, 0) is 43.6 Å². The summed E-state index contributed by atoms with van der Waals surface area (Å²) >= 11 is 0. The zero-order valence-corrected chi connectivity index (χ0v) is 15.1. The van der Waals surface area contributed by atoms with Gasteiger partial charge in [0.15, 0.2) is 0 Å². The van der Waals surface area contributed by atoms with Crippen LogP contribution in [-0.2, 0) is 20.5 Å². The van der Waals surface area contributed by atoms with E-state index in [4.69, 9.17) is 0 Å². The van der Waals surface area contributed by atoms with Gasteiger partial charge in [0.25, 0.3) is 0 Å². The van der Waals surface area contributed by atoms with Crippen molar-refractivity contribution < 1.29 is 27.5 Å². The number of alkyl halides is 3. The maximum atomic E-state index is 12.7. The second kappa shape index (κ2) is 9.78. The van der Waals surface area contributed by atoms with Crippen molar-refractivity contribution in [1.29, 1.82) is 0 Å². The summed E-state index contributed by atoms with van der Waals surface area (Å²) in [6.45, 7) is 1.47. The molecule has 1 amide bonds. The zero-order valence-electron chi connectivity index (χ0n) is 14.3. The lowest BCUT2D eigenvalue weighted by Gasteiger charge is -2.25. The number of rotatable bonds is 5. The predicted octanol–water partition coefficient (Wildman–Crippen LogP) is 2.85. The van der Waals surface area contributed by atoms with E-state index in [9.17, 15) is 22.8 Å². The molecule has 146 valence electrons. The number of esters is 1. The van der Waals surface area contributed by atoms with Crippen LogP contribution in [0.2, 0.25) is 0 Å². The minimum atomic E-state index is -4.44. The van der Waals surface area contributed by atoms with Gasteiger partial charge in [0.1, 0.15) is 0 Å². The molecule has 5 nitrogen and oxygen atoms in total. The summed E-state index contributed by atoms with van der Waals surface area (Å²) in [4.78, 5) is 24.0. The van der Waals surface area contributed by atoms with Crippen LogP contribution in [0.25, 0.3) is 0 Å². The third kappa shape index (κ3) is 6.17. The Bertz CT molecular complexity index is 602. The molecular weight excluding hydrogens is 373 g/mol. The third-order valence-electron chi connectivity index (χ3n) is 4.27. The van der Waals surface area contributed by atoms with Crippen molar-refractivity contribution >= 4 is 24.3 Å². The van der Waals surface area contributed by atoms with Gasteiger partial charge in [0, 0.05) is 5.92 Å². The number of benzene rings is 1. The lowest BCUT2D eigenvalue weighted by molar-refractivity contribution is -0.141. The maximum Gasteiger partial charge on any atom is 0.416 e. The molecule has 0 saturated carbocycles. The molecule has 2 rings (SSSR count). The van der Waals surface area contributed by atoms with E-state index < -0.39 is 23.8 Å². The van der Waals surface area contributed by atoms with Crippen molar-refractivity contribution in [2.45, 2.75) is 31.5 Å². The minimum Gasteiger partial charge on any atom is -0.469 e. The van der Waals surface area contributed by atoms with Crippen molar-refractivity contribution in [3.8, 4) is 0 Å². The fourth-order valence-corrected chi connectivity index (χ4v) is 2.78. The summed E-state index contributed by atoms with van der Waals surface area (Å²) in [7, 11) is 1.22. The van der Waals surface area contributed by atoms with Gasteiger partial charge in [-0.2, -0.15) is 13.2 Å². The Morgan fingerprint density at radius 3 is 2.31 bits per heavy atom. The second-order valence-corrected chi connectivity index (χ2v) is 5.99. The fourth-order valence-electron chi connectivity index (χ4n) is 2.78. The number of nitrogens with one attached hydrogen (secondary N) is 2. The van der Waals surface area contributed by atoms with Crippen LogP contribution in [0.15, 0.2) is 24.3 Å². The molecule has 1 aromatic rings. The van der Waals surface area contributed by atoms with E-state index in [0.717, 1.165) is 25.2 Å². The summed E-state index contributed by atoms with van der Waals surface area (Å²) in [5.41, 5.74) is -0.349. The third-order valence-corrected chi connectivity index (χ3v) is 4.27. The van der Waals surface area contributed by atoms with Crippen LogP contribution in [0.5, 0.6) is 0 Å². The van der Waals surface area contributed by atoms with Gasteiger partial charge < -0.3 is 15.4 Å². The fraction of sp³-hybridized carbons (Fsp3) is 0.529. The summed E-state index contributed by atoms with van der Waals surface area (Å²) in [5.74, 6) is -0.915. The molecule has 0 aliphatic carbocycles. The molecule has 1 unspecified atom stereocenters. The lowest BCUT2D eigenvalue weighted by Crippen LogP contribution is -2.40. The van der Waals surface area contributed by atoms with E-state index in [1.165, 1.54) is 19.2 Å². The van der Waals surface area contributed by atoms with Gasteiger partial charge in [-0.1, -0.05) is 12.1 Å². The van der Waals surface area contributed by atoms with Crippen molar-refractivity contribution in [3.63, 3.8) is 0 Å². The molecule has 1 saturated heterocycles. The summed E-state index contributed by atoms with van der Waals surface area (Å²) in [5, 5.41) is 5.93. The minimum absolute atomic E-state index is 0. The van der Waals surface area contributed by atoms with E-state index in [1.54, 1.807) is 0 Å². The van der Waals surface area contributed by atoms with Crippen LogP contribution in [0.1, 0.15) is 36.4 Å². The van der Waals surface area contributed by atoms with Crippen LogP contribution in [0.3, 0.4) is 0 Å². The van der Waals surface area contributed by atoms with Gasteiger partial charge in [-0.15, -0.1) is 12.4 Å². The SMILES string of the molecule is COC(=O)CC(NC(=O)C1CCNCC1)c1ccc(C(F)(F)F)cc1.Cl. The van der Waals surface area contributed by atoms with Crippen LogP contribution in [-0.4, -0.2) is 32.1 Å². The first kappa shape index (κ1) is 22.2. The van der Waals surface area contributed by atoms with Crippen molar-refractivity contribution in [2.24, 2.45) is 5.92 Å². The molecule has 0 aromatic heterocycles. The van der Waals surface area contributed by atoms with E-state index in [-0.39, 0.29) is 30.7 Å². The molecule has 1 heterocycles. The standard InChI is InChI=1S/C17H21F3N2O3.ClH/c1-25-15(23)10-14(22-16(24)12-6-8-21-9-7-12)11-2-4-13(5-3-11)17(18,19)20;/h2-5,12,14,21H,6-10H2,1H3,(H,22,24);1H. The number of piperidine rings is 1. The molecule has 1 aliphatic heterocycles. The topological polar surface area (TPSA) is 67.4 Å². The molecule has 0 bridgehead atoms. The first-order valence-electron chi connectivity index (χ1n) is 8.06. The van der Waals surface area contributed by atoms with Crippen molar-refractivity contribution in [3.05, 3.63) is 35.4 Å². The second-order valence-electron chi connectivity index (χ2n) is 5.99. The molecule has 0 spiro atoms. The smallest absolute Gasteiger partial charge is 0.416 e. The van der Waals surface area contributed by atoms with Crippen molar-refractivity contribution in [1.82, 2.24) is 10.6 Å². The number of carbonyl (C=O) groups is 2. The van der Waals surface area contributed by atoms with E-state index in [1.807, 2.05) is 0 Å².